The van der Waals surface area contributed by atoms with Gasteiger partial charge in [-0.2, -0.15) is 0 Å². The minimum atomic E-state index is -0.702. The molecule has 8 heteroatoms. The number of hydrogen-bond acceptors (Lipinski definition) is 5. The summed E-state index contributed by atoms with van der Waals surface area (Å²) in [6.07, 6.45) is 3.34. The number of benzene rings is 2. The minimum absolute atomic E-state index is 0.172. The number of nitrogens with one attached hydrogen (secondary N) is 1. The lowest BCUT2D eigenvalue weighted by Crippen LogP contribution is -2.31. The Hall–Kier alpha value is -3.00. The van der Waals surface area contributed by atoms with Crippen molar-refractivity contribution in [2.45, 2.75) is 39.5 Å². The number of amides is 3. The standard InChI is InChI=1S/C25H25BrN2O5/c1-14-10-17(11-15(2)22(14)26)27-21(29)13-33-25(32)16-6-5-7-18(12-16)28-23(30)19-8-3-4-9-20(19)24(28)31/h5-7,10-12,19-20H,3-4,8-9,13H2,1-2H3,(H,27,29)/t19-,20-/m0/s1. The number of hydrogen-bond donors (Lipinski definition) is 1. The molecule has 2 aromatic carbocycles. The zero-order valence-corrected chi connectivity index (χ0v) is 20.1. The summed E-state index contributed by atoms with van der Waals surface area (Å²) >= 11 is 3.48. The first-order valence-corrected chi connectivity index (χ1v) is 11.8. The van der Waals surface area contributed by atoms with Gasteiger partial charge in [0.05, 0.1) is 23.1 Å². The van der Waals surface area contributed by atoms with Gasteiger partial charge in [-0.1, -0.05) is 34.8 Å². The molecule has 7 nitrogen and oxygen atoms in total. The van der Waals surface area contributed by atoms with Gasteiger partial charge in [0.1, 0.15) is 0 Å². The Morgan fingerprint density at radius 3 is 2.24 bits per heavy atom. The molecule has 0 unspecified atom stereocenters. The number of imide groups is 1. The van der Waals surface area contributed by atoms with E-state index in [-0.39, 0.29) is 29.2 Å². The lowest BCUT2D eigenvalue weighted by atomic mass is 9.81. The van der Waals surface area contributed by atoms with E-state index in [1.54, 1.807) is 12.1 Å². The number of carbonyl (C=O) groups excluding carboxylic acids is 4. The molecule has 1 saturated heterocycles. The average molecular weight is 513 g/mol. The zero-order chi connectivity index (χ0) is 23.7. The molecule has 1 N–H and O–H groups in total. The molecule has 2 atom stereocenters. The van der Waals surface area contributed by atoms with Crippen LogP contribution in [0.3, 0.4) is 0 Å². The molecule has 0 aromatic heterocycles. The van der Waals surface area contributed by atoms with Gasteiger partial charge in [-0.3, -0.25) is 19.3 Å². The van der Waals surface area contributed by atoms with Gasteiger partial charge in [-0.05, 0) is 68.1 Å². The van der Waals surface area contributed by atoms with Crippen LogP contribution in [0.5, 0.6) is 0 Å². The maximum atomic E-state index is 12.8. The second kappa shape index (κ2) is 9.47. The Morgan fingerprint density at radius 1 is 1.03 bits per heavy atom. The van der Waals surface area contributed by atoms with E-state index in [4.69, 9.17) is 4.74 Å². The van der Waals surface area contributed by atoms with Crippen molar-refractivity contribution in [1.82, 2.24) is 0 Å². The van der Waals surface area contributed by atoms with Gasteiger partial charge in [-0.25, -0.2) is 4.79 Å². The molecular formula is C25H25BrN2O5. The number of aryl methyl sites for hydroxylation is 2. The predicted octanol–water partition coefficient (Wildman–Crippen LogP) is 4.54. The van der Waals surface area contributed by atoms with Crippen molar-refractivity contribution >= 4 is 51.0 Å². The Bertz CT molecular complexity index is 1100. The highest BCUT2D eigenvalue weighted by atomic mass is 79.9. The van der Waals surface area contributed by atoms with Gasteiger partial charge in [0.15, 0.2) is 6.61 Å². The highest BCUT2D eigenvalue weighted by Crippen LogP contribution is 2.40. The number of anilines is 2. The Labute approximate surface area is 200 Å². The summed E-state index contributed by atoms with van der Waals surface area (Å²) in [6.45, 7) is 3.39. The summed E-state index contributed by atoms with van der Waals surface area (Å²) < 4.78 is 6.14. The van der Waals surface area contributed by atoms with Crippen molar-refractivity contribution in [3.05, 3.63) is 57.6 Å². The van der Waals surface area contributed by atoms with E-state index in [0.29, 0.717) is 11.4 Å². The summed E-state index contributed by atoms with van der Waals surface area (Å²) in [5.41, 5.74) is 3.10. The van der Waals surface area contributed by atoms with E-state index < -0.39 is 18.5 Å². The Balaban J connectivity index is 1.40. The van der Waals surface area contributed by atoms with Crippen molar-refractivity contribution in [2.24, 2.45) is 11.8 Å². The first kappa shape index (κ1) is 23.2. The fraction of sp³-hybridized carbons (Fsp3) is 0.360. The molecule has 4 rings (SSSR count). The summed E-state index contributed by atoms with van der Waals surface area (Å²) in [6, 6.07) is 9.87. The molecule has 2 fully saturated rings. The number of halogens is 1. The number of carbonyl (C=O) groups is 4. The van der Waals surface area contributed by atoms with Crippen LogP contribution >= 0.6 is 15.9 Å². The van der Waals surface area contributed by atoms with Gasteiger partial charge < -0.3 is 10.1 Å². The molecule has 33 heavy (non-hydrogen) atoms. The van der Waals surface area contributed by atoms with Crippen LogP contribution in [-0.4, -0.2) is 30.3 Å². The second-order valence-corrected chi connectivity index (χ2v) is 9.40. The highest BCUT2D eigenvalue weighted by molar-refractivity contribution is 9.10. The van der Waals surface area contributed by atoms with Crippen molar-refractivity contribution in [3.8, 4) is 0 Å². The minimum Gasteiger partial charge on any atom is -0.452 e. The molecule has 1 heterocycles. The van der Waals surface area contributed by atoms with Gasteiger partial charge in [-0.15, -0.1) is 0 Å². The third kappa shape index (κ3) is 4.71. The summed E-state index contributed by atoms with van der Waals surface area (Å²) in [7, 11) is 0. The Kier molecular flexibility index (Phi) is 6.65. The smallest absolute Gasteiger partial charge is 0.338 e. The molecule has 1 aliphatic heterocycles. The number of fused-ring (bicyclic) bond motifs is 1. The van der Waals surface area contributed by atoms with Gasteiger partial charge in [0.2, 0.25) is 11.8 Å². The SMILES string of the molecule is Cc1cc(NC(=O)COC(=O)c2cccc(N3C(=O)[C@H]4CCCC[C@@H]4C3=O)c2)cc(C)c1Br. The van der Waals surface area contributed by atoms with E-state index >= 15 is 0 Å². The van der Waals surface area contributed by atoms with Crippen LogP contribution in [0.15, 0.2) is 40.9 Å². The first-order chi connectivity index (χ1) is 15.8. The fourth-order valence-electron chi connectivity index (χ4n) is 4.62. The summed E-state index contributed by atoms with van der Waals surface area (Å²) in [5.74, 6) is -2.10. The molecule has 0 bridgehead atoms. The van der Waals surface area contributed by atoms with Crippen LogP contribution in [0.1, 0.15) is 47.2 Å². The number of rotatable bonds is 5. The number of ether oxygens (including phenoxy) is 1. The van der Waals surface area contributed by atoms with E-state index in [0.717, 1.165) is 41.3 Å². The first-order valence-electron chi connectivity index (χ1n) is 11.0. The lowest BCUT2D eigenvalue weighted by molar-refractivity contribution is -0.122. The second-order valence-electron chi connectivity index (χ2n) is 8.61. The van der Waals surface area contributed by atoms with Crippen LogP contribution in [0, 0.1) is 25.7 Å². The quantitative estimate of drug-likeness (QED) is 0.468. The maximum absolute atomic E-state index is 12.8. The monoisotopic (exact) mass is 512 g/mol. The normalized spacial score (nSPS) is 19.9. The molecule has 0 spiro atoms. The average Bonchev–Trinajstić information content (AvgIpc) is 3.06. The van der Waals surface area contributed by atoms with Crippen molar-refractivity contribution in [1.29, 1.82) is 0 Å². The molecule has 0 radical (unpaired) electrons. The molecule has 1 saturated carbocycles. The molecule has 3 amide bonds. The van der Waals surface area contributed by atoms with E-state index in [9.17, 15) is 19.2 Å². The van der Waals surface area contributed by atoms with E-state index in [2.05, 4.69) is 21.2 Å². The van der Waals surface area contributed by atoms with Crippen LogP contribution in [0.2, 0.25) is 0 Å². The lowest BCUT2D eigenvalue weighted by Gasteiger charge is -2.19. The summed E-state index contributed by atoms with van der Waals surface area (Å²) in [4.78, 5) is 51.6. The van der Waals surface area contributed by atoms with Crippen molar-refractivity contribution in [2.75, 3.05) is 16.8 Å². The molecule has 2 aromatic rings. The van der Waals surface area contributed by atoms with Gasteiger partial charge in [0.25, 0.3) is 5.91 Å². The third-order valence-corrected chi connectivity index (χ3v) is 7.49. The largest absolute Gasteiger partial charge is 0.452 e. The van der Waals surface area contributed by atoms with E-state index in [1.807, 2.05) is 26.0 Å². The van der Waals surface area contributed by atoms with E-state index in [1.165, 1.54) is 17.0 Å². The molecular weight excluding hydrogens is 488 g/mol. The number of esters is 1. The van der Waals surface area contributed by atoms with Crippen LogP contribution < -0.4 is 10.2 Å². The number of nitrogens with zero attached hydrogens (tertiary/aromatic N) is 1. The topological polar surface area (TPSA) is 92.8 Å². The third-order valence-electron chi connectivity index (χ3n) is 6.24. The summed E-state index contributed by atoms with van der Waals surface area (Å²) in [5, 5.41) is 2.72. The van der Waals surface area contributed by atoms with Crippen LogP contribution in [0.4, 0.5) is 11.4 Å². The van der Waals surface area contributed by atoms with Gasteiger partial charge in [0, 0.05) is 10.2 Å². The fourth-order valence-corrected chi connectivity index (χ4v) is 4.85. The molecule has 1 aliphatic carbocycles. The zero-order valence-electron chi connectivity index (χ0n) is 18.5. The molecule has 172 valence electrons. The van der Waals surface area contributed by atoms with Crippen LogP contribution in [0.25, 0.3) is 0 Å². The van der Waals surface area contributed by atoms with Crippen LogP contribution in [-0.2, 0) is 19.1 Å². The van der Waals surface area contributed by atoms with Crippen molar-refractivity contribution < 1.29 is 23.9 Å². The Morgan fingerprint density at radius 2 is 1.64 bits per heavy atom. The van der Waals surface area contributed by atoms with Gasteiger partial charge >= 0.3 is 5.97 Å². The predicted molar refractivity (Wildman–Crippen MR) is 127 cm³/mol. The highest BCUT2D eigenvalue weighted by Gasteiger charge is 2.48. The molecule has 2 aliphatic rings. The maximum Gasteiger partial charge on any atom is 0.338 e. The van der Waals surface area contributed by atoms with Crippen molar-refractivity contribution in [3.63, 3.8) is 0 Å².